The number of nitrogens with zero attached hydrogens (tertiary/aromatic N) is 1. The number of carbonyl (C=O) groups excluding carboxylic acids is 3. The molecule has 0 aliphatic rings. The molecule has 10 heteroatoms. The summed E-state index contributed by atoms with van der Waals surface area (Å²) in [4.78, 5) is 52.0. The van der Waals surface area contributed by atoms with Crippen LogP contribution < -0.4 is 5.32 Å². The van der Waals surface area contributed by atoms with E-state index < -0.39 is 22.6 Å². The van der Waals surface area contributed by atoms with Crippen LogP contribution in [-0.2, 0) is 35.1 Å². The molecule has 0 unspecified atom stereocenters. The van der Waals surface area contributed by atoms with Gasteiger partial charge in [-0.25, -0.2) is 0 Å². The Bertz CT molecular complexity index is 1130. The Morgan fingerprint density at radius 2 is 1.50 bits per heavy atom. The van der Waals surface area contributed by atoms with Crippen molar-refractivity contribution in [1.29, 1.82) is 0 Å². The van der Waals surface area contributed by atoms with Gasteiger partial charge in [-0.05, 0) is 69.6 Å². The first-order valence-corrected chi connectivity index (χ1v) is 14.5. The molecule has 230 valence electrons. The lowest BCUT2D eigenvalue weighted by atomic mass is 9.94. The van der Waals surface area contributed by atoms with Crippen molar-refractivity contribution in [3.8, 4) is 11.1 Å². The van der Waals surface area contributed by atoms with Crippen molar-refractivity contribution in [2.24, 2.45) is 5.92 Å². The maximum atomic E-state index is 12.8. The van der Waals surface area contributed by atoms with E-state index >= 15 is 0 Å². The summed E-state index contributed by atoms with van der Waals surface area (Å²) in [7, 11) is 0. The van der Waals surface area contributed by atoms with Crippen LogP contribution in [0.25, 0.3) is 11.1 Å². The van der Waals surface area contributed by atoms with Crippen molar-refractivity contribution >= 4 is 17.8 Å². The predicted molar refractivity (Wildman–Crippen MR) is 159 cm³/mol. The second-order valence-corrected chi connectivity index (χ2v) is 11.4. The number of hydrogen-bond acceptors (Lipinski definition) is 8. The number of hydrogen-bond donors (Lipinski definition) is 1. The largest absolute Gasteiger partial charge is 0.465 e. The molecule has 2 rings (SSSR count). The van der Waals surface area contributed by atoms with Crippen LogP contribution in [0.15, 0.2) is 54.6 Å². The highest BCUT2D eigenvalue weighted by Crippen LogP contribution is 2.21. The average Bonchev–Trinajstić information content (AvgIpc) is 2.93. The first-order chi connectivity index (χ1) is 19.9. The van der Waals surface area contributed by atoms with E-state index in [2.05, 4.69) is 10.2 Å². The van der Waals surface area contributed by atoms with E-state index in [1.165, 1.54) is 0 Å². The van der Waals surface area contributed by atoms with Crippen molar-refractivity contribution in [2.45, 2.75) is 90.7 Å². The summed E-state index contributed by atoms with van der Waals surface area (Å²) in [6, 6.07) is 17.8. The van der Waals surface area contributed by atoms with Gasteiger partial charge in [-0.3, -0.25) is 14.4 Å². The van der Waals surface area contributed by atoms with Gasteiger partial charge < -0.3 is 19.6 Å². The number of rotatable bonds is 18. The zero-order chi connectivity index (χ0) is 31.0. The molecular formula is C32H44N2O8. The highest BCUT2D eigenvalue weighted by molar-refractivity contribution is 5.81. The van der Waals surface area contributed by atoms with E-state index in [1.807, 2.05) is 54.6 Å². The van der Waals surface area contributed by atoms with Crippen LogP contribution in [0.3, 0.4) is 0 Å². The van der Waals surface area contributed by atoms with Gasteiger partial charge in [0, 0.05) is 12.5 Å². The number of esters is 2. The highest BCUT2D eigenvalue weighted by Gasteiger charge is 2.23. The fourth-order valence-electron chi connectivity index (χ4n) is 4.38. The molecule has 2 aromatic carbocycles. The Morgan fingerprint density at radius 1 is 0.881 bits per heavy atom. The maximum Gasteiger partial charge on any atom is 0.308 e. The van der Waals surface area contributed by atoms with E-state index in [0.29, 0.717) is 25.7 Å². The molecule has 0 aliphatic heterocycles. The predicted octanol–water partition coefficient (Wildman–Crippen LogP) is 5.84. The number of carbonyl (C=O) groups is 3. The summed E-state index contributed by atoms with van der Waals surface area (Å²) in [5.41, 5.74) is 2.58. The standard InChI is InChI=1S/C32H44N2O8/c1-24(31(37)40-20-10-5-6-11-21-41-34(38)39)22-28(33-29(35)18-19-30(36)42-32(2,3)4)23-25-14-16-27(17-15-25)26-12-8-7-9-13-26/h7-9,12-17,24,28H,5-6,10-11,18-23H2,1-4H3,(H,33,35)/t24-,28+/m1/s1. The minimum atomic E-state index is -0.806. The van der Waals surface area contributed by atoms with Crippen LogP contribution in [0, 0.1) is 16.0 Å². The van der Waals surface area contributed by atoms with Crippen LogP contribution in [0.5, 0.6) is 0 Å². The van der Waals surface area contributed by atoms with Crippen molar-refractivity contribution in [3.63, 3.8) is 0 Å². The fourth-order valence-corrected chi connectivity index (χ4v) is 4.38. The molecule has 1 amide bonds. The molecule has 0 saturated heterocycles. The van der Waals surface area contributed by atoms with Gasteiger partial charge in [-0.15, -0.1) is 10.1 Å². The third-order valence-electron chi connectivity index (χ3n) is 6.40. The Balaban J connectivity index is 1.93. The van der Waals surface area contributed by atoms with Crippen LogP contribution >= 0.6 is 0 Å². The highest BCUT2D eigenvalue weighted by atomic mass is 16.9. The molecule has 0 bridgehead atoms. The smallest absolute Gasteiger partial charge is 0.308 e. The Kier molecular flexibility index (Phi) is 14.5. The Hall–Kier alpha value is -3.95. The molecule has 1 N–H and O–H groups in total. The summed E-state index contributed by atoms with van der Waals surface area (Å²) >= 11 is 0. The molecule has 0 saturated carbocycles. The van der Waals surface area contributed by atoms with Gasteiger partial charge in [0.25, 0.3) is 5.09 Å². The summed E-state index contributed by atoms with van der Waals surface area (Å²) in [5, 5.41) is 12.4. The lowest BCUT2D eigenvalue weighted by molar-refractivity contribution is -0.757. The molecule has 0 heterocycles. The number of amides is 1. The van der Waals surface area contributed by atoms with Crippen molar-refractivity contribution in [3.05, 3.63) is 70.3 Å². The third kappa shape index (κ3) is 14.6. The summed E-state index contributed by atoms with van der Waals surface area (Å²) in [5.74, 6) is -1.53. The van der Waals surface area contributed by atoms with E-state index in [4.69, 9.17) is 9.47 Å². The lowest BCUT2D eigenvalue weighted by Gasteiger charge is -2.23. The van der Waals surface area contributed by atoms with Crippen LogP contribution in [0.4, 0.5) is 0 Å². The van der Waals surface area contributed by atoms with E-state index in [1.54, 1.807) is 27.7 Å². The van der Waals surface area contributed by atoms with Crippen LogP contribution in [0.2, 0.25) is 0 Å². The SMILES string of the molecule is C[C@H](C[C@@H](Cc1ccc(-c2ccccc2)cc1)NC(=O)CCC(=O)OC(C)(C)C)C(=O)OCCCCCCO[N+](=O)[O-]. The molecule has 0 radical (unpaired) electrons. The molecule has 42 heavy (non-hydrogen) atoms. The second kappa shape index (κ2) is 17.8. The molecule has 2 atom stereocenters. The molecule has 10 nitrogen and oxygen atoms in total. The zero-order valence-electron chi connectivity index (χ0n) is 25.1. The average molecular weight is 585 g/mol. The molecule has 0 fully saturated rings. The third-order valence-corrected chi connectivity index (χ3v) is 6.40. The fraction of sp³-hybridized carbons (Fsp3) is 0.531. The lowest BCUT2D eigenvalue weighted by Crippen LogP contribution is -2.39. The van der Waals surface area contributed by atoms with Crippen LogP contribution in [0.1, 0.15) is 78.2 Å². The monoisotopic (exact) mass is 584 g/mol. The van der Waals surface area contributed by atoms with E-state index in [-0.39, 0.29) is 44.0 Å². The molecule has 0 aliphatic carbocycles. The van der Waals surface area contributed by atoms with Gasteiger partial charge >= 0.3 is 11.9 Å². The van der Waals surface area contributed by atoms with Crippen molar-refractivity contribution in [2.75, 3.05) is 13.2 Å². The normalized spacial score (nSPS) is 12.6. The summed E-state index contributed by atoms with van der Waals surface area (Å²) in [6.07, 6.45) is 3.55. The summed E-state index contributed by atoms with van der Waals surface area (Å²) in [6.45, 7) is 7.42. The molecule has 2 aromatic rings. The van der Waals surface area contributed by atoms with Gasteiger partial charge in [0.2, 0.25) is 5.91 Å². The van der Waals surface area contributed by atoms with E-state index in [9.17, 15) is 24.5 Å². The number of ether oxygens (including phenoxy) is 2. The molecule has 0 spiro atoms. The Morgan fingerprint density at radius 3 is 2.12 bits per heavy atom. The topological polar surface area (TPSA) is 134 Å². The van der Waals surface area contributed by atoms with Crippen molar-refractivity contribution < 1.29 is 33.8 Å². The van der Waals surface area contributed by atoms with Gasteiger partial charge in [0.05, 0.1) is 25.6 Å². The number of unbranched alkanes of at least 4 members (excludes halogenated alkanes) is 3. The zero-order valence-corrected chi connectivity index (χ0v) is 25.1. The van der Waals surface area contributed by atoms with Crippen LogP contribution in [-0.4, -0.2) is 47.8 Å². The van der Waals surface area contributed by atoms with Crippen molar-refractivity contribution in [1.82, 2.24) is 5.32 Å². The first-order valence-electron chi connectivity index (χ1n) is 14.5. The molecular weight excluding hydrogens is 540 g/mol. The number of nitrogens with one attached hydrogen (secondary N) is 1. The second-order valence-electron chi connectivity index (χ2n) is 11.4. The van der Waals surface area contributed by atoms with Gasteiger partial charge in [0.1, 0.15) is 5.60 Å². The number of benzene rings is 2. The quantitative estimate of drug-likeness (QED) is 0.0999. The van der Waals surface area contributed by atoms with Gasteiger partial charge in [-0.1, -0.05) is 67.9 Å². The molecule has 0 aromatic heterocycles. The Labute approximate surface area is 248 Å². The minimum Gasteiger partial charge on any atom is -0.465 e. The van der Waals surface area contributed by atoms with Gasteiger partial charge in [-0.2, -0.15) is 0 Å². The van der Waals surface area contributed by atoms with E-state index in [0.717, 1.165) is 29.5 Å². The maximum absolute atomic E-state index is 12.8. The minimum absolute atomic E-state index is 0.0100. The first kappa shape index (κ1) is 34.3. The van der Waals surface area contributed by atoms with Gasteiger partial charge in [0.15, 0.2) is 0 Å². The summed E-state index contributed by atoms with van der Waals surface area (Å²) < 4.78 is 10.7.